The van der Waals surface area contributed by atoms with Crippen LogP contribution in [0.5, 0.6) is 5.75 Å². The second-order valence-electron chi connectivity index (χ2n) is 8.24. The molecule has 0 atom stereocenters. The normalized spacial score (nSPS) is 10.5. The van der Waals surface area contributed by atoms with E-state index in [1.165, 1.54) is 36.4 Å². The molecule has 0 radical (unpaired) electrons. The summed E-state index contributed by atoms with van der Waals surface area (Å²) in [6.45, 7) is 6.09. The Morgan fingerprint density at radius 2 is 1.54 bits per heavy atom. The zero-order valence-corrected chi connectivity index (χ0v) is 22.7. The van der Waals surface area contributed by atoms with Crippen LogP contribution in [0.4, 0.5) is 11.4 Å². The van der Waals surface area contributed by atoms with E-state index in [2.05, 4.69) is 10.0 Å². The van der Waals surface area contributed by atoms with Crippen molar-refractivity contribution in [2.45, 2.75) is 32.3 Å². The number of nitrogens with one attached hydrogen (secondary N) is 2. The summed E-state index contributed by atoms with van der Waals surface area (Å²) in [6.07, 6.45) is 0. The summed E-state index contributed by atoms with van der Waals surface area (Å²) in [5, 5.41) is 12.0. The lowest BCUT2D eigenvalue weighted by atomic mass is 10.1. The van der Waals surface area contributed by atoms with E-state index in [9.17, 15) is 23.1 Å². The maximum atomic E-state index is 12.9. The third-order valence-electron chi connectivity index (χ3n) is 5.42. The Morgan fingerprint density at radius 1 is 0.846 bits per heavy atom. The van der Waals surface area contributed by atoms with Crippen LogP contribution in [0.1, 0.15) is 45.7 Å². The molecule has 4 aromatic carbocycles. The Bertz CT molecular complexity index is 1540. The average molecular weight is 547 g/mol. The summed E-state index contributed by atoms with van der Waals surface area (Å²) in [6, 6.07) is 26.2. The van der Waals surface area contributed by atoms with Crippen molar-refractivity contribution < 1.29 is 27.9 Å². The summed E-state index contributed by atoms with van der Waals surface area (Å²) in [5.74, 6) is -1.22. The molecule has 0 aliphatic carbocycles. The van der Waals surface area contributed by atoms with Crippen molar-refractivity contribution in [2.75, 3.05) is 10.0 Å². The van der Waals surface area contributed by atoms with Crippen molar-refractivity contribution in [2.24, 2.45) is 0 Å². The molecule has 0 aliphatic heterocycles. The number of carbonyl (C=O) groups is 2. The monoisotopic (exact) mass is 546 g/mol. The predicted molar refractivity (Wildman–Crippen MR) is 152 cm³/mol. The number of anilines is 2. The van der Waals surface area contributed by atoms with Gasteiger partial charge in [-0.2, -0.15) is 0 Å². The predicted octanol–water partition coefficient (Wildman–Crippen LogP) is 6.35. The molecule has 0 saturated carbocycles. The molecule has 0 fully saturated rings. The first kappa shape index (κ1) is 28.9. The molecular formula is C30H30N2O6S. The molecule has 0 aliphatic rings. The molecule has 0 aromatic heterocycles. The van der Waals surface area contributed by atoms with Gasteiger partial charge in [-0.25, -0.2) is 13.2 Å². The van der Waals surface area contributed by atoms with Crippen molar-refractivity contribution in [3.8, 4) is 5.75 Å². The number of hydrogen-bond acceptors (Lipinski definition) is 5. The fraction of sp³-hybridized carbons (Fsp3) is 0.133. The third-order valence-corrected chi connectivity index (χ3v) is 6.81. The highest BCUT2D eigenvalue weighted by molar-refractivity contribution is 7.92. The van der Waals surface area contributed by atoms with Crippen LogP contribution in [-0.4, -0.2) is 25.4 Å². The summed E-state index contributed by atoms with van der Waals surface area (Å²) in [5.41, 5.74) is 2.34. The fourth-order valence-electron chi connectivity index (χ4n) is 3.53. The van der Waals surface area contributed by atoms with Gasteiger partial charge in [-0.15, -0.1) is 0 Å². The van der Waals surface area contributed by atoms with E-state index < -0.39 is 21.9 Å². The first-order valence-electron chi connectivity index (χ1n) is 12.3. The number of rotatable bonds is 9. The number of carboxylic acid groups (broad SMARTS) is 1. The van der Waals surface area contributed by atoms with Crippen molar-refractivity contribution in [1.29, 1.82) is 0 Å². The van der Waals surface area contributed by atoms with Gasteiger partial charge in [-0.1, -0.05) is 61.9 Å². The smallest absolute Gasteiger partial charge is 0.337 e. The van der Waals surface area contributed by atoms with Crippen LogP contribution in [0.3, 0.4) is 0 Å². The summed E-state index contributed by atoms with van der Waals surface area (Å²) < 4.78 is 34.1. The summed E-state index contributed by atoms with van der Waals surface area (Å²) in [4.78, 5) is 24.1. The van der Waals surface area contributed by atoms with Crippen LogP contribution < -0.4 is 14.8 Å². The largest absolute Gasteiger partial charge is 0.489 e. The molecule has 0 saturated heterocycles. The topological polar surface area (TPSA) is 122 Å². The Hall–Kier alpha value is -4.63. The van der Waals surface area contributed by atoms with E-state index in [4.69, 9.17) is 4.74 Å². The van der Waals surface area contributed by atoms with Crippen molar-refractivity contribution >= 4 is 33.3 Å². The molecule has 0 bridgehead atoms. The first-order valence-corrected chi connectivity index (χ1v) is 13.7. The van der Waals surface area contributed by atoms with Gasteiger partial charge in [0.1, 0.15) is 12.4 Å². The molecule has 3 N–H and O–H groups in total. The SMILES string of the molecule is CC.Cc1ccc(NC(=O)c2ccc(S(=O)(=O)Nc3cccc(OCc4ccccc4)c3)cc2)c(C(=O)O)c1. The van der Waals surface area contributed by atoms with Crippen LogP contribution in [0.15, 0.2) is 102 Å². The fourth-order valence-corrected chi connectivity index (χ4v) is 4.58. The number of amides is 1. The zero-order valence-electron chi connectivity index (χ0n) is 21.8. The summed E-state index contributed by atoms with van der Waals surface area (Å²) in [7, 11) is -3.94. The van der Waals surface area contributed by atoms with E-state index >= 15 is 0 Å². The Morgan fingerprint density at radius 3 is 2.21 bits per heavy atom. The molecule has 1 amide bonds. The van der Waals surface area contributed by atoms with Crippen molar-refractivity contribution in [3.05, 3.63) is 119 Å². The average Bonchev–Trinajstić information content (AvgIpc) is 2.94. The van der Waals surface area contributed by atoms with Crippen LogP contribution in [0.25, 0.3) is 0 Å². The molecular weight excluding hydrogens is 516 g/mol. The Kier molecular flexibility index (Phi) is 9.83. The first-order chi connectivity index (χ1) is 18.7. The van der Waals surface area contributed by atoms with Crippen LogP contribution in [0, 0.1) is 6.92 Å². The lowest BCUT2D eigenvalue weighted by Gasteiger charge is -2.12. The lowest BCUT2D eigenvalue weighted by Crippen LogP contribution is -2.16. The quantitative estimate of drug-likeness (QED) is 0.225. The van der Waals surface area contributed by atoms with Crippen LogP contribution in [-0.2, 0) is 16.6 Å². The van der Waals surface area contributed by atoms with E-state index in [1.807, 2.05) is 44.2 Å². The van der Waals surface area contributed by atoms with Gasteiger partial charge in [0.25, 0.3) is 15.9 Å². The molecule has 4 aromatic rings. The minimum absolute atomic E-state index is 0.0354. The van der Waals surface area contributed by atoms with Gasteiger partial charge >= 0.3 is 5.97 Å². The van der Waals surface area contributed by atoms with E-state index in [-0.39, 0.29) is 21.7 Å². The van der Waals surface area contributed by atoms with Crippen molar-refractivity contribution in [3.63, 3.8) is 0 Å². The Labute approximate surface area is 228 Å². The molecule has 202 valence electrons. The Balaban J connectivity index is 0.00000205. The van der Waals surface area contributed by atoms with Gasteiger partial charge in [-0.05, 0) is 61.0 Å². The number of benzene rings is 4. The van der Waals surface area contributed by atoms with E-state index in [0.717, 1.165) is 11.1 Å². The highest BCUT2D eigenvalue weighted by atomic mass is 32.2. The second-order valence-corrected chi connectivity index (χ2v) is 9.92. The molecule has 0 heterocycles. The summed E-state index contributed by atoms with van der Waals surface area (Å²) >= 11 is 0. The number of aromatic carboxylic acids is 1. The van der Waals surface area contributed by atoms with Gasteiger partial charge in [-0.3, -0.25) is 9.52 Å². The maximum Gasteiger partial charge on any atom is 0.337 e. The molecule has 9 heteroatoms. The number of sulfonamides is 1. The van der Waals surface area contributed by atoms with Gasteiger partial charge in [0, 0.05) is 11.6 Å². The lowest BCUT2D eigenvalue weighted by molar-refractivity contribution is 0.0698. The third kappa shape index (κ3) is 7.93. The van der Waals surface area contributed by atoms with Crippen LogP contribution >= 0.6 is 0 Å². The highest BCUT2D eigenvalue weighted by Gasteiger charge is 2.17. The van der Waals surface area contributed by atoms with Crippen molar-refractivity contribution in [1.82, 2.24) is 0 Å². The number of ether oxygens (including phenoxy) is 1. The minimum Gasteiger partial charge on any atom is -0.489 e. The minimum atomic E-state index is -3.94. The van der Waals surface area contributed by atoms with Gasteiger partial charge in [0.2, 0.25) is 0 Å². The highest BCUT2D eigenvalue weighted by Crippen LogP contribution is 2.23. The number of hydrogen-bond donors (Lipinski definition) is 3. The van der Waals surface area contributed by atoms with E-state index in [1.54, 1.807) is 37.3 Å². The molecule has 0 unspecified atom stereocenters. The zero-order chi connectivity index (χ0) is 28.4. The number of carboxylic acids is 1. The number of aryl methyl sites for hydroxylation is 1. The van der Waals surface area contributed by atoms with Gasteiger partial charge < -0.3 is 15.2 Å². The molecule has 39 heavy (non-hydrogen) atoms. The van der Waals surface area contributed by atoms with E-state index in [0.29, 0.717) is 18.0 Å². The van der Waals surface area contributed by atoms with Crippen LogP contribution in [0.2, 0.25) is 0 Å². The maximum absolute atomic E-state index is 12.9. The van der Waals surface area contributed by atoms with Gasteiger partial charge in [0.15, 0.2) is 0 Å². The second kappa shape index (κ2) is 13.3. The molecule has 4 rings (SSSR count). The van der Waals surface area contributed by atoms with Gasteiger partial charge in [0.05, 0.1) is 21.8 Å². The molecule has 0 spiro atoms. The standard InChI is InChI=1S/C28H24N2O6S.C2H6/c1-19-10-15-26(25(16-19)28(32)33)29-27(31)21-11-13-24(14-12-21)37(34,35)30-22-8-5-9-23(17-22)36-18-20-6-3-2-4-7-20;1-2/h2-17,30H,18H2,1H3,(H,29,31)(H,32,33);1-2H3. The molecule has 8 nitrogen and oxygen atoms in total. The number of carbonyl (C=O) groups excluding carboxylic acids is 1.